The van der Waals surface area contributed by atoms with Crippen molar-refractivity contribution in [2.24, 2.45) is 17.1 Å². The summed E-state index contributed by atoms with van der Waals surface area (Å²) in [6.07, 6.45) is 9.68. The van der Waals surface area contributed by atoms with Gasteiger partial charge >= 0.3 is 0 Å². The lowest BCUT2D eigenvalue weighted by Gasteiger charge is -2.38. The molecule has 3 nitrogen and oxygen atoms in total. The van der Waals surface area contributed by atoms with Crippen LogP contribution in [-0.4, -0.2) is 29.9 Å². The minimum Gasteiger partial charge on any atom is -0.338 e. The molecule has 0 radical (unpaired) electrons. The van der Waals surface area contributed by atoms with Crippen molar-refractivity contribution in [3.63, 3.8) is 0 Å². The van der Waals surface area contributed by atoms with E-state index >= 15 is 0 Å². The van der Waals surface area contributed by atoms with Crippen molar-refractivity contribution in [3.05, 3.63) is 0 Å². The molecule has 0 bridgehead atoms. The summed E-state index contributed by atoms with van der Waals surface area (Å²) in [6.45, 7) is 5.85. The van der Waals surface area contributed by atoms with Crippen molar-refractivity contribution in [3.8, 4) is 0 Å². The van der Waals surface area contributed by atoms with Crippen molar-refractivity contribution in [2.45, 2.75) is 71.3 Å². The number of nitrogens with zero attached hydrogens (tertiary/aromatic N) is 1. The number of nitrogens with two attached hydrogens (primary N) is 1. The molecule has 2 fully saturated rings. The van der Waals surface area contributed by atoms with Gasteiger partial charge < -0.3 is 10.6 Å². The lowest BCUT2D eigenvalue weighted by Crippen LogP contribution is -2.48. The van der Waals surface area contributed by atoms with Crippen LogP contribution in [0.3, 0.4) is 0 Å². The van der Waals surface area contributed by atoms with Crippen LogP contribution in [0.1, 0.15) is 65.2 Å². The summed E-state index contributed by atoms with van der Waals surface area (Å²) in [7, 11) is 0. The molecule has 1 atom stereocenters. The number of carbonyl (C=O) groups is 1. The van der Waals surface area contributed by atoms with Crippen LogP contribution in [0.15, 0.2) is 0 Å². The molecule has 0 aromatic heterocycles. The first-order valence-electron chi connectivity index (χ1n) is 8.07. The van der Waals surface area contributed by atoms with Gasteiger partial charge in [0.15, 0.2) is 0 Å². The van der Waals surface area contributed by atoms with Crippen LogP contribution in [0.5, 0.6) is 0 Å². The molecule has 2 rings (SSSR count). The number of rotatable bonds is 4. The summed E-state index contributed by atoms with van der Waals surface area (Å²) in [4.78, 5) is 15.1. The second kappa shape index (κ2) is 6.25. The van der Waals surface area contributed by atoms with Crippen molar-refractivity contribution < 1.29 is 4.79 Å². The number of amides is 1. The minimum atomic E-state index is 0.179. The smallest absolute Gasteiger partial charge is 0.226 e. The molecule has 0 aromatic carbocycles. The Labute approximate surface area is 117 Å². The van der Waals surface area contributed by atoms with E-state index < -0.39 is 0 Å². The fourth-order valence-corrected chi connectivity index (χ4v) is 3.99. The highest BCUT2D eigenvalue weighted by Crippen LogP contribution is 2.44. The first-order chi connectivity index (χ1) is 9.06. The Morgan fingerprint density at radius 3 is 2.37 bits per heavy atom. The molecule has 3 heteroatoms. The Morgan fingerprint density at radius 2 is 1.84 bits per heavy atom. The third-order valence-electron chi connectivity index (χ3n) is 5.22. The number of carbonyl (C=O) groups excluding carboxylic acids is 1. The van der Waals surface area contributed by atoms with Crippen molar-refractivity contribution in [1.29, 1.82) is 0 Å². The van der Waals surface area contributed by atoms with E-state index in [0.29, 0.717) is 18.5 Å². The molecule has 19 heavy (non-hydrogen) atoms. The van der Waals surface area contributed by atoms with Gasteiger partial charge in [-0.2, -0.15) is 0 Å². The molecular formula is C16H30N2O. The van der Waals surface area contributed by atoms with Crippen LogP contribution >= 0.6 is 0 Å². The predicted octanol–water partition coefficient (Wildman–Crippen LogP) is 2.93. The Kier molecular flexibility index (Phi) is 4.88. The summed E-state index contributed by atoms with van der Waals surface area (Å²) in [5, 5.41) is 0. The van der Waals surface area contributed by atoms with E-state index in [1.54, 1.807) is 0 Å². The summed E-state index contributed by atoms with van der Waals surface area (Å²) < 4.78 is 0. The third-order valence-corrected chi connectivity index (χ3v) is 5.22. The van der Waals surface area contributed by atoms with Crippen LogP contribution < -0.4 is 5.73 Å². The highest BCUT2D eigenvalue weighted by molar-refractivity contribution is 5.80. The van der Waals surface area contributed by atoms with E-state index in [0.717, 1.165) is 13.0 Å². The maximum absolute atomic E-state index is 12.9. The Morgan fingerprint density at radius 1 is 1.16 bits per heavy atom. The molecule has 0 aromatic rings. The van der Waals surface area contributed by atoms with Crippen molar-refractivity contribution >= 4 is 5.91 Å². The number of hydrogen-bond donors (Lipinski definition) is 1. The fraction of sp³-hybridized carbons (Fsp3) is 0.938. The van der Waals surface area contributed by atoms with E-state index in [4.69, 9.17) is 5.73 Å². The van der Waals surface area contributed by atoms with Gasteiger partial charge in [-0.1, -0.05) is 39.5 Å². The second-order valence-electron chi connectivity index (χ2n) is 7.05. The Bertz CT molecular complexity index is 308. The van der Waals surface area contributed by atoms with Gasteiger partial charge in [0.05, 0.1) is 0 Å². The monoisotopic (exact) mass is 266 g/mol. The third kappa shape index (κ3) is 3.31. The summed E-state index contributed by atoms with van der Waals surface area (Å²) in [5.41, 5.74) is 5.93. The van der Waals surface area contributed by atoms with Crippen LogP contribution in [0.4, 0.5) is 0 Å². The summed E-state index contributed by atoms with van der Waals surface area (Å²) >= 11 is 0. The van der Waals surface area contributed by atoms with Crippen LogP contribution in [0, 0.1) is 11.3 Å². The van der Waals surface area contributed by atoms with Crippen LogP contribution in [0.25, 0.3) is 0 Å². The molecular weight excluding hydrogens is 236 g/mol. The molecule has 0 saturated heterocycles. The highest BCUT2D eigenvalue weighted by atomic mass is 16.2. The molecule has 2 aliphatic rings. The molecule has 1 unspecified atom stereocenters. The van der Waals surface area contributed by atoms with E-state index in [1.165, 1.54) is 44.9 Å². The summed E-state index contributed by atoms with van der Waals surface area (Å²) in [6, 6.07) is 0.459. The Balaban J connectivity index is 2.07. The molecule has 0 spiro atoms. The lowest BCUT2D eigenvalue weighted by molar-refractivity contribution is -0.141. The molecule has 110 valence electrons. The second-order valence-corrected chi connectivity index (χ2v) is 7.05. The largest absolute Gasteiger partial charge is 0.338 e. The first kappa shape index (κ1) is 14.8. The maximum Gasteiger partial charge on any atom is 0.226 e. The average molecular weight is 266 g/mol. The van der Waals surface area contributed by atoms with Gasteiger partial charge in [0, 0.05) is 25.0 Å². The predicted molar refractivity (Wildman–Crippen MR) is 78.8 cm³/mol. The summed E-state index contributed by atoms with van der Waals surface area (Å²) in [5.74, 6) is 0.612. The molecule has 2 saturated carbocycles. The SMILES string of the molecule is CC1(C)CCCC1C(=O)N(CCN)C1CCCCC1. The van der Waals surface area contributed by atoms with E-state index in [9.17, 15) is 4.79 Å². The molecule has 2 aliphatic carbocycles. The highest BCUT2D eigenvalue weighted by Gasteiger charge is 2.42. The van der Waals surface area contributed by atoms with Gasteiger partial charge in [-0.15, -0.1) is 0 Å². The standard InChI is InChI=1S/C16H30N2O/c1-16(2)10-6-9-14(16)15(19)18(12-11-17)13-7-4-3-5-8-13/h13-14H,3-12,17H2,1-2H3. The topological polar surface area (TPSA) is 46.3 Å². The van der Waals surface area contributed by atoms with Gasteiger partial charge in [-0.3, -0.25) is 4.79 Å². The van der Waals surface area contributed by atoms with E-state index in [1.807, 2.05) is 0 Å². The zero-order chi connectivity index (χ0) is 13.9. The van der Waals surface area contributed by atoms with E-state index in [-0.39, 0.29) is 11.3 Å². The van der Waals surface area contributed by atoms with Gasteiger partial charge in [-0.05, 0) is 31.1 Å². The van der Waals surface area contributed by atoms with Crippen LogP contribution in [-0.2, 0) is 4.79 Å². The van der Waals surface area contributed by atoms with Gasteiger partial charge in [-0.25, -0.2) is 0 Å². The zero-order valence-corrected chi connectivity index (χ0v) is 12.7. The molecule has 0 aliphatic heterocycles. The van der Waals surface area contributed by atoms with Crippen LogP contribution in [0.2, 0.25) is 0 Å². The van der Waals surface area contributed by atoms with E-state index in [2.05, 4.69) is 18.7 Å². The lowest BCUT2D eigenvalue weighted by atomic mass is 9.80. The van der Waals surface area contributed by atoms with Gasteiger partial charge in [0.25, 0.3) is 0 Å². The normalized spacial score (nSPS) is 27.4. The van der Waals surface area contributed by atoms with Crippen molar-refractivity contribution in [1.82, 2.24) is 4.90 Å². The van der Waals surface area contributed by atoms with Crippen molar-refractivity contribution in [2.75, 3.05) is 13.1 Å². The number of hydrogen-bond acceptors (Lipinski definition) is 2. The minimum absolute atomic E-state index is 0.179. The quantitative estimate of drug-likeness (QED) is 0.850. The molecule has 0 heterocycles. The maximum atomic E-state index is 12.9. The Hall–Kier alpha value is -0.570. The molecule has 2 N–H and O–H groups in total. The first-order valence-corrected chi connectivity index (χ1v) is 8.07. The fourth-order valence-electron chi connectivity index (χ4n) is 3.99. The molecule has 1 amide bonds. The zero-order valence-electron chi connectivity index (χ0n) is 12.7. The average Bonchev–Trinajstić information content (AvgIpc) is 2.76. The van der Waals surface area contributed by atoms with Gasteiger partial charge in [0.2, 0.25) is 5.91 Å². The van der Waals surface area contributed by atoms with Gasteiger partial charge in [0.1, 0.15) is 0 Å².